The van der Waals surface area contributed by atoms with Gasteiger partial charge in [-0.05, 0) is 12.8 Å². The molecule has 0 amide bonds. The number of rotatable bonds is 31. The molecule has 2 atom stereocenters. The fourth-order valence-corrected chi connectivity index (χ4v) is 5.22. The van der Waals surface area contributed by atoms with Crippen molar-refractivity contribution in [2.75, 3.05) is 67.8 Å². The summed E-state index contributed by atoms with van der Waals surface area (Å²) in [4.78, 5) is 0. The van der Waals surface area contributed by atoms with Gasteiger partial charge in [0, 0.05) is 20.3 Å². The van der Waals surface area contributed by atoms with Crippen LogP contribution in [0.4, 0.5) is 0 Å². The molecule has 0 aromatic carbocycles. The van der Waals surface area contributed by atoms with Gasteiger partial charge in [0.2, 0.25) is 0 Å². The van der Waals surface area contributed by atoms with E-state index in [0.29, 0.717) is 37.5 Å². The van der Waals surface area contributed by atoms with Crippen molar-refractivity contribution < 1.29 is 32.1 Å². The molecule has 236 valence electrons. The van der Waals surface area contributed by atoms with Crippen LogP contribution >= 0.6 is 7.82 Å². The predicted octanol–water partition coefficient (Wildman–Crippen LogP) is 8.94. The van der Waals surface area contributed by atoms with Gasteiger partial charge in [-0.2, -0.15) is 0 Å². The van der Waals surface area contributed by atoms with E-state index in [1.54, 1.807) is 0 Å². The first-order valence-electron chi connectivity index (χ1n) is 16.2. The van der Waals surface area contributed by atoms with Crippen LogP contribution < -0.4 is 0 Å². The highest BCUT2D eigenvalue weighted by Crippen LogP contribution is 2.48. The topological polar surface area (TPSA) is 63.2 Å². The molecule has 7 nitrogen and oxygen atoms in total. The number of likely N-dealkylation sites (N-methyl/N-ethyl adjacent to an activating group) is 1. The summed E-state index contributed by atoms with van der Waals surface area (Å²) in [6, 6.07) is 0. The largest absolute Gasteiger partial charge is 0.474 e. The molecule has 0 saturated heterocycles. The van der Waals surface area contributed by atoms with E-state index >= 15 is 0 Å². The van der Waals surface area contributed by atoms with Crippen molar-refractivity contribution in [2.45, 2.75) is 136 Å². The lowest BCUT2D eigenvalue weighted by Crippen LogP contribution is -2.37. The van der Waals surface area contributed by atoms with Crippen LogP contribution in [0.15, 0.2) is 0 Å². The second-order valence-electron chi connectivity index (χ2n) is 12.0. The van der Waals surface area contributed by atoms with Gasteiger partial charge in [0.15, 0.2) is 0 Å². The third-order valence-corrected chi connectivity index (χ3v) is 8.36. The Morgan fingerprint density at radius 2 is 1.05 bits per heavy atom. The minimum absolute atomic E-state index is 0.127. The zero-order valence-electron chi connectivity index (χ0n) is 26.9. The van der Waals surface area contributed by atoms with Gasteiger partial charge in [-0.1, -0.05) is 117 Å². The van der Waals surface area contributed by atoms with Crippen LogP contribution in [0.5, 0.6) is 0 Å². The van der Waals surface area contributed by atoms with Gasteiger partial charge in [0.05, 0.1) is 34.4 Å². The normalized spacial score (nSPS) is 14.5. The van der Waals surface area contributed by atoms with Gasteiger partial charge in [-0.25, -0.2) is 4.57 Å². The number of phosphoric acid groups is 1. The highest BCUT2D eigenvalue weighted by atomic mass is 31.2. The summed E-state index contributed by atoms with van der Waals surface area (Å²) < 4.78 is 41.7. The number of unbranched alkanes of at least 4 members (excludes halogenated alkanes) is 16. The molecule has 0 aromatic rings. The van der Waals surface area contributed by atoms with E-state index < -0.39 is 7.82 Å². The van der Waals surface area contributed by atoms with Gasteiger partial charge in [-0.3, -0.25) is 13.6 Å². The third kappa shape index (κ3) is 27.9. The number of nitrogens with zero attached hydrogens (tertiary/aromatic N) is 1. The van der Waals surface area contributed by atoms with Gasteiger partial charge < -0.3 is 14.0 Å². The molecular formula is C31H67NO6P+. The molecule has 0 fully saturated rings. The van der Waals surface area contributed by atoms with Crippen molar-refractivity contribution in [3.63, 3.8) is 0 Å². The van der Waals surface area contributed by atoms with Crippen molar-refractivity contribution in [1.82, 2.24) is 0 Å². The SMILES string of the molecule is CCCCCCCCCCCCCCCCCO[C@H](COCCCCC)COP(=O)(OC)OCC[N+](C)(C)C. The summed E-state index contributed by atoms with van der Waals surface area (Å²) in [6.45, 7) is 7.37. The number of ether oxygens (including phenoxy) is 2. The fourth-order valence-electron chi connectivity index (χ4n) is 4.28. The van der Waals surface area contributed by atoms with E-state index in [9.17, 15) is 4.57 Å². The molecule has 0 aromatic heterocycles. The van der Waals surface area contributed by atoms with Crippen molar-refractivity contribution in [2.24, 2.45) is 0 Å². The Kier molecular flexibility index (Phi) is 26.9. The summed E-state index contributed by atoms with van der Waals surface area (Å²) in [5.74, 6) is 0. The van der Waals surface area contributed by atoms with Crippen LogP contribution in [0.25, 0.3) is 0 Å². The number of phosphoric ester groups is 1. The summed E-state index contributed by atoms with van der Waals surface area (Å²) in [5, 5.41) is 0. The molecular weight excluding hydrogens is 513 g/mol. The second-order valence-corrected chi connectivity index (χ2v) is 13.8. The molecule has 0 N–H and O–H groups in total. The lowest BCUT2D eigenvalue weighted by Gasteiger charge is -2.25. The standard InChI is InChI=1S/C31H67NO6P/c1-7-9-11-12-13-14-15-16-17-18-19-20-21-22-24-27-36-31(29-35-26-23-10-8-2)30-38-39(33,34-6)37-28-25-32(3,4)5/h31H,7-30H2,1-6H3/q+1/t31-,39?/m1/s1. The van der Waals surface area contributed by atoms with Gasteiger partial charge in [-0.15, -0.1) is 0 Å². The molecule has 1 unspecified atom stereocenters. The maximum atomic E-state index is 12.8. The van der Waals surface area contributed by atoms with Crippen LogP contribution in [-0.4, -0.2) is 78.4 Å². The molecule has 0 aliphatic carbocycles. The lowest BCUT2D eigenvalue weighted by molar-refractivity contribution is -0.870. The molecule has 0 saturated carbocycles. The first-order chi connectivity index (χ1) is 18.8. The summed E-state index contributed by atoms with van der Waals surface area (Å²) in [5.41, 5.74) is 0. The fraction of sp³-hybridized carbons (Fsp3) is 1.00. The summed E-state index contributed by atoms with van der Waals surface area (Å²) >= 11 is 0. The van der Waals surface area contributed by atoms with Crippen molar-refractivity contribution in [3.8, 4) is 0 Å². The van der Waals surface area contributed by atoms with Crippen LogP contribution in [-0.2, 0) is 27.6 Å². The molecule has 39 heavy (non-hydrogen) atoms. The lowest BCUT2D eigenvalue weighted by atomic mass is 10.0. The average molecular weight is 581 g/mol. The minimum atomic E-state index is -3.61. The smallest absolute Gasteiger partial charge is 0.379 e. The van der Waals surface area contributed by atoms with Gasteiger partial charge >= 0.3 is 7.82 Å². The summed E-state index contributed by atoms with van der Waals surface area (Å²) in [6.07, 6.45) is 23.2. The van der Waals surface area contributed by atoms with E-state index in [-0.39, 0.29) is 12.7 Å². The molecule has 0 bridgehead atoms. The second kappa shape index (κ2) is 26.9. The predicted molar refractivity (Wildman–Crippen MR) is 164 cm³/mol. The van der Waals surface area contributed by atoms with Crippen LogP contribution in [0, 0.1) is 0 Å². The van der Waals surface area contributed by atoms with Crippen molar-refractivity contribution in [3.05, 3.63) is 0 Å². The Bertz CT molecular complexity index is 558. The zero-order chi connectivity index (χ0) is 29.1. The molecule has 0 aliphatic heterocycles. The molecule has 0 spiro atoms. The Morgan fingerprint density at radius 1 is 0.590 bits per heavy atom. The quantitative estimate of drug-likeness (QED) is 0.0463. The van der Waals surface area contributed by atoms with Crippen LogP contribution in [0.2, 0.25) is 0 Å². The zero-order valence-corrected chi connectivity index (χ0v) is 27.8. The maximum absolute atomic E-state index is 12.8. The van der Waals surface area contributed by atoms with Gasteiger partial charge in [0.1, 0.15) is 19.3 Å². The Labute approximate surface area is 243 Å². The van der Waals surface area contributed by atoms with E-state index in [1.807, 2.05) is 0 Å². The Morgan fingerprint density at radius 3 is 1.54 bits per heavy atom. The number of hydrogen-bond acceptors (Lipinski definition) is 6. The molecule has 0 rings (SSSR count). The monoisotopic (exact) mass is 580 g/mol. The molecule has 0 heterocycles. The van der Waals surface area contributed by atoms with Crippen LogP contribution in [0.1, 0.15) is 129 Å². The molecule has 8 heteroatoms. The van der Waals surface area contributed by atoms with E-state index in [4.69, 9.17) is 23.0 Å². The maximum Gasteiger partial charge on any atom is 0.474 e. The van der Waals surface area contributed by atoms with E-state index in [1.165, 1.54) is 97.0 Å². The van der Waals surface area contributed by atoms with Gasteiger partial charge in [0.25, 0.3) is 0 Å². The highest BCUT2D eigenvalue weighted by Gasteiger charge is 2.28. The van der Waals surface area contributed by atoms with E-state index in [0.717, 1.165) is 25.7 Å². The molecule has 0 aliphatic rings. The molecule has 0 radical (unpaired) electrons. The minimum Gasteiger partial charge on any atom is -0.379 e. The van der Waals surface area contributed by atoms with E-state index in [2.05, 4.69) is 35.0 Å². The third-order valence-electron chi connectivity index (χ3n) is 6.95. The number of hydrogen-bond donors (Lipinski definition) is 0. The van der Waals surface area contributed by atoms with Crippen molar-refractivity contribution >= 4 is 7.82 Å². The first-order valence-corrected chi connectivity index (χ1v) is 17.7. The number of quaternary nitrogens is 1. The summed E-state index contributed by atoms with van der Waals surface area (Å²) in [7, 11) is 3.91. The first kappa shape index (κ1) is 39.0. The average Bonchev–Trinajstić information content (AvgIpc) is 2.90. The van der Waals surface area contributed by atoms with Crippen LogP contribution in [0.3, 0.4) is 0 Å². The Hall–Kier alpha value is -0.0100. The Balaban J connectivity index is 4.06. The van der Waals surface area contributed by atoms with Crippen molar-refractivity contribution in [1.29, 1.82) is 0 Å². The highest BCUT2D eigenvalue weighted by molar-refractivity contribution is 7.48.